The first-order valence-electron chi connectivity index (χ1n) is 6.46. The Hall–Kier alpha value is -0.970. The Morgan fingerprint density at radius 1 is 1.33 bits per heavy atom. The van der Waals surface area contributed by atoms with Crippen LogP contribution in [0.25, 0.3) is 10.2 Å². The van der Waals surface area contributed by atoms with Gasteiger partial charge in [-0.25, -0.2) is 4.98 Å². The first kappa shape index (κ1) is 12.1. The van der Waals surface area contributed by atoms with Crippen LogP contribution in [0.3, 0.4) is 0 Å². The lowest BCUT2D eigenvalue weighted by Crippen LogP contribution is -2.27. The molecule has 3 unspecified atom stereocenters. The van der Waals surface area contributed by atoms with E-state index >= 15 is 0 Å². The minimum absolute atomic E-state index is 0.0855. The predicted octanol–water partition coefficient (Wildman–Crippen LogP) is 3.12. The smallest absolute Gasteiger partial charge is 0.124 e. The third-order valence-corrected chi connectivity index (χ3v) is 4.45. The Balaban J connectivity index is 1.88. The molecule has 4 heteroatoms. The number of rotatable bonds is 1. The second kappa shape index (κ2) is 4.96. The lowest BCUT2D eigenvalue weighted by atomic mass is 10.2. The molecule has 0 saturated carbocycles. The number of para-hydroxylation sites is 1. The van der Waals surface area contributed by atoms with Gasteiger partial charge in [-0.1, -0.05) is 12.1 Å². The molecular formula is C14H18N2OS. The summed E-state index contributed by atoms with van der Waals surface area (Å²) in [5, 5.41) is 4.60. The molecule has 0 aliphatic carbocycles. The van der Waals surface area contributed by atoms with Crippen molar-refractivity contribution in [3.63, 3.8) is 0 Å². The summed E-state index contributed by atoms with van der Waals surface area (Å²) in [6.45, 7) is 5.20. The van der Waals surface area contributed by atoms with E-state index in [9.17, 15) is 0 Å². The molecule has 0 radical (unpaired) electrons. The van der Waals surface area contributed by atoms with Crippen molar-refractivity contribution in [3.05, 3.63) is 29.3 Å². The van der Waals surface area contributed by atoms with Gasteiger partial charge in [-0.2, -0.15) is 0 Å². The highest BCUT2D eigenvalue weighted by atomic mass is 32.1. The summed E-state index contributed by atoms with van der Waals surface area (Å²) in [7, 11) is 0. The fourth-order valence-electron chi connectivity index (χ4n) is 2.45. The van der Waals surface area contributed by atoms with Crippen molar-refractivity contribution in [2.75, 3.05) is 6.54 Å². The minimum Gasteiger partial charge on any atom is -0.367 e. The average Bonchev–Trinajstić information content (AvgIpc) is 2.70. The summed E-state index contributed by atoms with van der Waals surface area (Å²) < 4.78 is 7.32. The van der Waals surface area contributed by atoms with Crippen LogP contribution in [0.15, 0.2) is 24.3 Å². The van der Waals surface area contributed by atoms with Crippen LogP contribution in [0.4, 0.5) is 0 Å². The molecule has 1 saturated heterocycles. The van der Waals surface area contributed by atoms with Crippen molar-refractivity contribution in [1.82, 2.24) is 10.3 Å². The molecule has 1 aromatic heterocycles. The van der Waals surface area contributed by atoms with Gasteiger partial charge in [0.05, 0.1) is 16.3 Å². The maximum absolute atomic E-state index is 6.08. The van der Waals surface area contributed by atoms with Crippen molar-refractivity contribution in [3.8, 4) is 0 Å². The monoisotopic (exact) mass is 262 g/mol. The van der Waals surface area contributed by atoms with E-state index in [0.717, 1.165) is 23.5 Å². The molecule has 1 aromatic carbocycles. The molecule has 1 fully saturated rings. The summed E-state index contributed by atoms with van der Waals surface area (Å²) >= 11 is 1.74. The van der Waals surface area contributed by atoms with Crippen molar-refractivity contribution in [2.24, 2.45) is 0 Å². The first-order valence-corrected chi connectivity index (χ1v) is 7.28. The average molecular weight is 262 g/mol. The number of nitrogens with one attached hydrogen (secondary N) is 1. The van der Waals surface area contributed by atoms with Crippen molar-refractivity contribution in [1.29, 1.82) is 0 Å². The molecule has 3 rings (SSSR count). The Bertz CT molecular complexity index is 506. The van der Waals surface area contributed by atoms with E-state index in [4.69, 9.17) is 9.72 Å². The number of hydrogen-bond acceptors (Lipinski definition) is 4. The van der Waals surface area contributed by atoms with Crippen LogP contribution in [-0.2, 0) is 4.74 Å². The number of fused-ring (bicyclic) bond motifs is 1. The zero-order chi connectivity index (χ0) is 12.5. The van der Waals surface area contributed by atoms with E-state index in [-0.39, 0.29) is 12.2 Å². The molecule has 1 aliphatic heterocycles. The van der Waals surface area contributed by atoms with Crippen LogP contribution in [0.1, 0.15) is 31.4 Å². The maximum Gasteiger partial charge on any atom is 0.124 e. The van der Waals surface area contributed by atoms with Crippen molar-refractivity contribution >= 4 is 21.6 Å². The van der Waals surface area contributed by atoms with Crippen LogP contribution in [0.2, 0.25) is 0 Å². The van der Waals surface area contributed by atoms with Crippen LogP contribution >= 0.6 is 11.3 Å². The minimum atomic E-state index is 0.0855. The molecule has 96 valence electrons. The summed E-state index contributed by atoms with van der Waals surface area (Å²) in [6.07, 6.45) is 1.43. The number of thiazole rings is 1. The fourth-order valence-corrected chi connectivity index (χ4v) is 3.45. The zero-order valence-electron chi connectivity index (χ0n) is 10.7. The Labute approximate surface area is 111 Å². The molecule has 2 aromatic rings. The molecule has 0 spiro atoms. The Morgan fingerprint density at radius 3 is 3.00 bits per heavy atom. The summed E-state index contributed by atoms with van der Waals surface area (Å²) in [5.74, 6) is 0. The van der Waals surface area contributed by atoms with Gasteiger partial charge in [-0.3, -0.25) is 0 Å². The second-order valence-corrected chi connectivity index (χ2v) is 6.06. The molecular weight excluding hydrogens is 244 g/mol. The number of aromatic nitrogens is 1. The fraction of sp³-hybridized carbons (Fsp3) is 0.500. The molecule has 3 nitrogen and oxygen atoms in total. The summed E-state index contributed by atoms with van der Waals surface area (Å²) in [5.41, 5.74) is 1.08. The standard InChI is InChI=1S/C14H18N2OS/c1-9-7-10(2)17-12(8-15-9)14-16-11-5-3-4-6-13(11)18-14/h3-6,9-10,12,15H,7-8H2,1-2H3. The third kappa shape index (κ3) is 2.41. The highest BCUT2D eigenvalue weighted by Crippen LogP contribution is 2.30. The SMILES string of the molecule is CC1CC(C)OC(c2nc3ccccc3s2)CN1. The van der Waals surface area contributed by atoms with Gasteiger partial charge in [0.25, 0.3) is 0 Å². The summed E-state index contributed by atoms with van der Waals surface area (Å²) in [4.78, 5) is 4.69. The number of hydrogen-bond donors (Lipinski definition) is 1. The van der Waals surface area contributed by atoms with E-state index in [2.05, 4.69) is 37.4 Å². The highest BCUT2D eigenvalue weighted by Gasteiger charge is 2.24. The van der Waals surface area contributed by atoms with Crippen LogP contribution in [0.5, 0.6) is 0 Å². The zero-order valence-corrected chi connectivity index (χ0v) is 11.5. The largest absolute Gasteiger partial charge is 0.367 e. The molecule has 0 amide bonds. The first-order chi connectivity index (χ1) is 8.72. The second-order valence-electron chi connectivity index (χ2n) is 5.00. The van der Waals surface area contributed by atoms with E-state index < -0.39 is 0 Å². The van der Waals surface area contributed by atoms with Gasteiger partial charge in [0, 0.05) is 12.6 Å². The van der Waals surface area contributed by atoms with Gasteiger partial charge in [-0.05, 0) is 32.4 Å². The van der Waals surface area contributed by atoms with Gasteiger partial charge >= 0.3 is 0 Å². The van der Waals surface area contributed by atoms with Gasteiger partial charge in [0.15, 0.2) is 0 Å². The van der Waals surface area contributed by atoms with Crippen LogP contribution < -0.4 is 5.32 Å². The van der Waals surface area contributed by atoms with Gasteiger partial charge in [0.2, 0.25) is 0 Å². The van der Waals surface area contributed by atoms with E-state index in [1.54, 1.807) is 11.3 Å². The number of ether oxygens (including phenoxy) is 1. The topological polar surface area (TPSA) is 34.1 Å². The maximum atomic E-state index is 6.08. The van der Waals surface area contributed by atoms with E-state index in [1.807, 2.05) is 6.07 Å². The molecule has 0 bridgehead atoms. The summed E-state index contributed by atoms with van der Waals surface area (Å²) in [6, 6.07) is 8.78. The lowest BCUT2D eigenvalue weighted by Gasteiger charge is -2.15. The van der Waals surface area contributed by atoms with E-state index in [0.29, 0.717) is 6.04 Å². The van der Waals surface area contributed by atoms with Gasteiger partial charge in [0.1, 0.15) is 11.1 Å². The van der Waals surface area contributed by atoms with Crippen LogP contribution in [0, 0.1) is 0 Å². The molecule has 18 heavy (non-hydrogen) atoms. The predicted molar refractivity (Wildman–Crippen MR) is 75.0 cm³/mol. The Morgan fingerprint density at radius 2 is 2.17 bits per heavy atom. The van der Waals surface area contributed by atoms with E-state index in [1.165, 1.54) is 4.70 Å². The molecule has 3 atom stereocenters. The third-order valence-electron chi connectivity index (χ3n) is 3.32. The van der Waals surface area contributed by atoms with Crippen molar-refractivity contribution in [2.45, 2.75) is 38.5 Å². The number of nitrogens with zero attached hydrogens (tertiary/aromatic N) is 1. The Kier molecular flexibility index (Phi) is 3.33. The number of benzene rings is 1. The van der Waals surface area contributed by atoms with Crippen LogP contribution in [-0.4, -0.2) is 23.7 Å². The molecule has 1 aliphatic rings. The molecule has 2 heterocycles. The quantitative estimate of drug-likeness (QED) is 0.857. The van der Waals surface area contributed by atoms with Gasteiger partial charge in [-0.15, -0.1) is 11.3 Å². The normalized spacial score (nSPS) is 29.3. The highest BCUT2D eigenvalue weighted by molar-refractivity contribution is 7.18. The van der Waals surface area contributed by atoms with Crippen molar-refractivity contribution < 1.29 is 4.74 Å². The van der Waals surface area contributed by atoms with Gasteiger partial charge < -0.3 is 10.1 Å². The molecule has 1 N–H and O–H groups in total. The lowest BCUT2D eigenvalue weighted by molar-refractivity contribution is 0.00717.